The second kappa shape index (κ2) is 16.7. The minimum atomic E-state index is -1.70. The van der Waals surface area contributed by atoms with Crippen LogP contribution >= 0.6 is 0 Å². The van der Waals surface area contributed by atoms with E-state index < -0.39 is 121 Å². The number of carboxylic acid groups (broad SMARTS) is 1. The highest BCUT2D eigenvalue weighted by molar-refractivity contribution is 5.77. The molecule has 0 amide bonds. The van der Waals surface area contributed by atoms with Gasteiger partial charge in [-0.25, -0.2) is 0 Å². The molecule has 8 aliphatic rings. The molecule has 0 aromatic carbocycles. The molecule has 360 valence electrons. The Kier molecular flexibility index (Phi) is 12.7. The molecule has 17 heteroatoms. The van der Waals surface area contributed by atoms with Gasteiger partial charge in [-0.15, -0.1) is 0 Å². The summed E-state index contributed by atoms with van der Waals surface area (Å²) >= 11 is 0. The van der Waals surface area contributed by atoms with Crippen molar-refractivity contribution in [2.75, 3.05) is 19.8 Å². The zero-order chi connectivity index (χ0) is 46.0. The summed E-state index contributed by atoms with van der Waals surface area (Å²) in [7, 11) is 0. The van der Waals surface area contributed by atoms with Gasteiger partial charge in [-0.2, -0.15) is 0 Å². The van der Waals surface area contributed by atoms with E-state index in [0.717, 1.165) is 38.5 Å². The largest absolute Gasteiger partial charge is 0.481 e. The summed E-state index contributed by atoms with van der Waals surface area (Å²) in [6, 6.07) is 0. The highest BCUT2D eigenvalue weighted by Crippen LogP contribution is 2.76. The van der Waals surface area contributed by atoms with Crippen LogP contribution in [0.5, 0.6) is 0 Å². The Morgan fingerprint density at radius 3 is 2.03 bits per heavy atom. The maximum atomic E-state index is 13.1. The van der Waals surface area contributed by atoms with E-state index in [9.17, 15) is 55.9 Å². The number of rotatable bonds is 8. The molecule has 22 atom stereocenters. The molecule has 0 bridgehead atoms. The van der Waals surface area contributed by atoms with Crippen LogP contribution in [-0.4, -0.2) is 169 Å². The number of allylic oxidation sites excluding steroid dienone is 2. The maximum absolute atomic E-state index is 13.1. The maximum Gasteiger partial charge on any atom is 0.312 e. The van der Waals surface area contributed by atoms with Gasteiger partial charge in [-0.05, 0) is 103 Å². The first-order chi connectivity index (χ1) is 29.3. The first kappa shape index (κ1) is 48.1. The first-order valence-corrected chi connectivity index (χ1v) is 23.2. The van der Waals surface area contributed by atoms with Gasteiger partial charge in [0.05, 0.1) is 32.0 Å². The van der Waals surface area contributed by atoms with E-state index in [0.29, 0.717) is 19.3 Å². The van der Waals surface area contributed by atoms with E-state index >= 15 is 0 Å². The number of aliphatic carboxylic acids is 1. The summed E-state index contributed by atoms with van der Waals surface area (Å²) in [6.45, 7) is 14.7. The Hall–Kier alpha value is -1.39. The van der Waals surface area contributed by atoms with Gasteiger partial charge in [-0.3, -0.25) is 4.79 Å². The number of aliphatic hydroxyl groups excluding tert-OH is 9. The lowest BCUT2D eigenvalue weighted by Crippen LogP contribution is -2.68. The lowest BCUT2D eigenvalue weighted by Gasteiger charge is -2.71. The topological polar surface area (TPSA) is 275 Å². The molecule has 0 radical (unpaired) electrons. The number of carbonyl (C=O) groups is 1. The van der Waals surface area contributed by atoms with Crippen LogP contribution in [0.4, 0.5) is 0 Å². The van der Waals surface area contributed by atoms with Gasteiger partial charge in [0.1, 0.15) is 66.5 Å². The van der Waals surface area contributed by atoms with Crippen molar-refractivity contribution in [3.8, 4) is 0 Å². The van der Waals surface area contributed by atoms with Gasteiger partial charge in [-0.1, -0.05) is 60.1 Å². The molecule has 4 saturated carbocycles. The molecule has 5 aliphatic carbocycles. The second-order valence-electron chi connectivity index (χ2n) is 22.7. The Morgan fingerprint density at radius 2 is 1.35 bits per heavy atom. The Bertz CT molecular complexity index is 1730. The van der Waals surface area contributed by atoms with Crippen LogP contribution in [0.15, 0.2) is 11.6 Å². The number of fused-ring (bicyclic) bond motifs is 7. The standard InChI is InChI=1S/C46H74O17/c1-41(2)14-15-46(40(56)57)22(16-41)21-8-9-27-43(5)12-11-29(42(3,4)26(43)10-13-44(27,6)45(21,7)17-28(46)49)62-38-35(55)33(53)32(52)25(61-38)20-60-39-36(31(51)24(48)19-59-39)63-37-34(54)30(50)23(47)18-58-37/h8,22-39,47-55H,9-20H2,1-7H3,(H,56,57)/t22?,23-,24-,25-,26+,27-,28-,29+,30+,31?,32-,33+,34-,35-,36+,37+,38+,39-,43+,44-,45-,46-/m1/s1. The Balaban J connectivity index is 0.970. The number of hydrogen-bond acceptors (Lipinski definition) is 16. The third-order valence-corrected chi connectivity index (χ3v) is 18.6. The van der Waals surface area contributed by atoms with E-state index in [2.05, 4.69) is 54.5 Å². The molecular weight excluding hydrogens is 824 g/mol. The minimum absolute atomic E-state index is 0.0349. The fourth-order valence-corrected chi connectivity index (χ4v) is 14.6. The average molecular weight is 899 g/mol. The van der Waals surface area contributed by atoms with Gasteiger partial charge in [0.2, 0.25) is 0 Å². The molecule has 17 nitrogen and oxygen atoms in total. The molecule has 10 N–H and O–H groups in total. The first-order valence-electron chi connectivity index (χ1n) is 23.2. The molecule has 0 aromatic rings. The molecule has 3 saturated heterocycles. The SMILES string of the molecule is CC1(C)CC[C@@]2(C(=O)O)C(C1)C1=CC[C@@H]3[C@@]4(C)CC[C@H](O[C@@H]5O[C@H](CO[C@H]6OC[C@@H](O)C(O)[C@@H]6O[C@@H]6OC[C@@H](O)[C@H](O)[C@H]6O)[C@@H](O)[C@H](O)[C@H]5O)C(C)(C)[C@@H]4CC[C@@]3(C)[C@]1(C)C[C@H]2O. The van der Waals surface area contributed by atoms with E-state index in [1.54, 1.807) is 0 Å². The number of hydrogen-bond donors (Lipinski definition) is 10. The molecule has 63 heavy (non-hydrogen) atoms. The normalized spacial score (nSPS) is 54.1. The second-order valence-corrected chi connectivity index (χ2v) is 22.7. The smallest absolute Gasteiger partial charge is 0.312 e. The molecule has 0 aromatic heterocycles. The van der Waals surface area contributed by atoms with E-state index in [1.807, 2.05) is 0 Å². The zero-order valence-electron chi connectivity index (χ0n) is 37.8. The van der Waals surface area contributed by atoms with E-state index in [1.165, 1.54) is 5.57 Å². The van der Waals surface area contributed by atoms with Crippen LogP contribution in [0, 0.1) is 50.2 Å². The zero-order valence-corrected chi connectivity index (χ0v) is 37.8. The van der Waals surface area contributed by atoms with Gasteiger partial charge >= 0.3 is 5.97 Å². The van der Waals surface area contributed by atoms with Gasteiger partial charge in [0.25, 0.3) is 0 Å². The fraction of sp³-hybridized carbons (Fsp3) is 0.935. The number of aliphatic hydroxyl groups is 9. The van der Waals surface area contributed by atoms with Gasteiger partial charge in [0.15, 0.2) is 18.9 Å². The van der Waals surface area contributed by atoms with Gasteiger partial charge < -0.3 is 79.5 Å². The van der Waals surface area contributed by atoms with Gasteiger partial charge in [0, 0.05) is 0 Å². The Morgan fingerprint density at radius 1 is 0.698 bits per heavy atom. The predicted octanol–water partition coefficient (Wildman–Crippen LogP) is 0.955. The van der Waals surface area contributed by atoms with Crippen molar-refractivity contribution in [3.63, 3.8) is 0 Å². The molecule has 7 fully saturated rings. The van der Waals surface area contributed by atoms with E-state index in [4.69, 9.17) is 28.4 Å². The molecular formula is C46H74O17. The summed E-state index contributed by atoms with van der Waals surface area (Å²) in [5.41, 5.74) is -1.18. The van der Waals surface area contributed by atoms with Crippen LogP contribution in [-0.2, 0) is 33.2 Å². The van der Waals surface area contributed by atoms with Crippen molar-refractivity contribution in [1.29, 1.82) is 0 Å². The summed E-state index contributed by atoms with van der Waals surface area (Å²) in [5.74, 6) is -0.701. The Labute approximate surface area is 369 Å². The molecule has 3 heterocycles. The summed E-state index contributed by atoms with van der Waals surface area (Å²) in [6.07, 6.45) is -12.3. The van der Waals surface area contributed by atoms with Crippen molar-refractivity contribution in [3.05, 3.63) is 11.6 Å². The van der Waals surface area contributed by atoms with Crippen molar-refractivity contribution >= 4 is 5.97 Å². The summed E-state index contributed by atoms with van der Waals surface area (Å²) < 4.78 is 35.4. The quantitative estimate of drug-likeness (QED) is 0.120. The van der Waals surface area contributed by atoms with Crippen molar-refractivity contribution in [2.24, 2.45) is 50.2 Å². The molecule has 8 rings (SSSR count). The van der Waals surface area contributed by atoms with Crippen LogP contribution < -0.4 is 0 Å². The highest BCUT2D eigenvalue weighted by atomic mass is 16.8. The van der Waals surface area contributed by atoms with Crippen molar-refractivity contribution in [2.45, 2.75) is 198 Å². The highest BCUT2D eigenvalue weighted by Gasteiger charge is 2.71. The summed E-state index contributed by atoms with van der Waals surface area (Å²) in [5, 5.41) is 108. The van der Waals surface area contributed by atoms with Crippen molar-refractivity contribution < 1.29 is 84.3 Å². The van der Waals surface area contributed by atoms with Crippen LogP contribution in [0.2, 0.25) is 0 Å². The van der Waals surface area contributed by atoms with Crippen LogP contribution in [0.25, 0.3) is 0 Å². The van der Waals surface area contributed by atoms with Crippen LogP contribution in [0.3, 0.4) is 0 Å². The fourth-order valence-electron chi connectivity index (χ4n) is 14.6. The third-order valence-electron chi connectivity index (χ3n) is 18.6. The molecule has 2 unspecified atom stereocenters. The lowest BCUT2D eigenvalue weighted by molar-refractivity contribution is -0.357. The minimum Gasteiger partial charge on any atom is -0.481 e. The summed E-state index contributed by atoms with van der Waals surface area (Å²) in [4.78, 5) is 13.1. The lowest BCUT2D eigenvalue weighted by atomic mass is 9.33. The molecule has 3 aliphatic heterocycles. The van der Waals surface area contributed by atoms with Crippen molar-refractivity contribution in [1.82, 2.24) is 0 Å². The number of ether oxygens (including phenoxy) is 6. The number of carboxylic acids is 1. The monoisotopic (exact) mass is 898 g/mol. The predicted molar refractivity (Wildman–Crippen MR) is 220 cm³/mol. The average Bonchev–Trinajstić information content (AvgIpc) is 3.20. The molecule has 0 spiro atoms. The van der Waals surface area contributed by atoms with E-state index in [-0.39, 0.29) is 47.2 Å². The third kappa shape index (κ3) is 7.50. The van der Waals surface area contributed by atoms with Crippen LogP contribution in [0.1, 0.15) is 106 Å².